The lowest BCUT2D eigenvalue weighted by atomic mass is 9.35. The first-order chi connectivity index (χ1) is 16.1. The third kappa shape index (κ3) is 2.86. The van der Waals surface area contributed by atoms with Gasteiger partial charge in [-0.3, -0.25) is 13.8 Å². The molecule has 0 amide bonds. The zero-order chi connectivity index (χ0) is 23.9. The maximum atomic E-state index is 13.9. The van der Waals surface area contributed by atoms with Crippen LogP contribution in [0.4, 0.5) is 0 Å². The van der Waals surface area contributed by atoms with Crippen molar-refractivity contribution < 1.29 is 26.9 Å². The molecular formula is C27H32O6S. The highest BCUT2D eigenvalue weighted by atomic mass is 32.2. The third-order valence-corrected chi connectivity index (χ3v) is 11.3. The van der Waals surface area contributed by atoms with Crippen LogP contribution in [0, 0.1) is 34.0 Å². The van der Waals surface area contributed by atoms with E-state index in [0.29, 0.717) is 43.4 Å². The Balaban J connectivity index is 1.45. The van der Waals surface area contributed by atoms with E-state index in [2.05, 4.69) is 13.5 Å². The zero-order valence-corrected chi connectivity index (χ0v) is 20.4. The van der Waals surface area contributed by atoms with Gasteiger partial charge >= 0.3 is 5.97 Å². The van der Waals surface area contributed by atoms with Gasteiger partial charge in [0.15, 0.2) is 5.78 Å². The molecule has 34 heavy (non-hydrogen) atoms. The largest absolute Gasteiger partial charge is 0.465 e. The van der Waals surface area contributed by atoms with Gasteiger partial charge in [0.1, 0.15) is 5.75 Å². The summed E-state index contributed by atoms with van der Waals surface area (Å²) in [5.74, 6) is -0.772. The molecule has 3 unspecified atom stereocenters. The monoisotopic (exact) mass is 484 g/mol. The normalized spacial score (nSPS) is 43.1. The first-order valence-corrected chi connectivity index (χ1v) is 14.1. The van der Waals surface area contributed by atoms with Crippen molar-refractivity contribution in [1.29, 1.82) is 0 Å². The van der Waals surface area contributed by atoms with Gasteiger partial charge in [-0.2, -0.15) is 8.42 Å². The average molecular weight is 485 g/mol. The van der Waals surface area contributed by atoms with Gasteiger partial charge in [-0.05, 0) is 67.4 Å². The quantitative estimate of drug-likeness (QED) is 0.362. The Labute approximate surface area is 201 Å². The van der Waals surface area contributed by atoms with Gasteiger partial charge < -0.3 is 4.74 Å². The molecule has 1 aromatic carbocycles. The maximum Gasteiger partial charge on any atom is 0.312 e. The van der Waals surface area contributed by atoms with Crippen molar-refractivity contribution in [2.45, 2.75) is 63.7 Å². The Morgan fingerprint density at radius 3 is 2.59 bits per heavy atom. The second kappa shape index (κ2) is 7.26. The number of cyclic esters (lactones) is 1. The van der Waals surface area contributed by atoms with E-state index in [0.717, 1.165) is 19.3 Å². The molecule has 7 heteroatoms. The highest BCUT2D eigenvalue weighted by molar-refractivity contribution is 7.85. The predicted molar refractivity (Wildman–Crippen MR) is 125 cm³/mol. The SMILES string of the molecule is C=C1C(=O)C23CC[C@H]1CC2[C@@]12CCC[C@@](C)(COC1=O)C2C[C@H]3OS(=O)(=O)Cc1ccccc1. The van der Waals surface area contributed by atoms with Crippen molar-refractivity contribution in [3.8, 4) is 0 Å². The molecule has 0 aromatic heterocycles. The van der Waals surface area contributed by atoms with Gasteiger partial charge in [0.25, 0.3) is 10.1 Å². The van der Waals surface area contributed by atoms with Crippen molar-refractivity contribution in [3.05, 3.63) is 48.0 Å². The van der Waals surface area contributed by atoms with Crippen LogP contribution < -0.4 is 0 Å². The molecule has 1 aliphatic heterocycles. The number of ether oxygens (including phenoxy) is 1. The summed E-state index contributed by atoms with van der Waals surface area (Å²) in [5, 5.41) is 0. The molecule has 0 N–H and O–H groups in total. The van der Waals surface area contributed by atoms with Crippen LogP contribution in [0.2, 0.25) is 0 Å². The smallest absolute Gasteiger partial charge is 0.312 e. The number of rotatable bonds is 4. The Kier molecular flexibility index (Phi) is 4.80. The molecule has 5 saturated carbocycles. The summed E-state index contributed by atoms with van der Waals surface area (Å²) in [4.78, 5) is 27.4. The van der Waals surface area contributed by atoms with Gasteiger partial charge in [-0.1, -0.05) is 50.3 Å². The molecule has 1 saturated heterocycles. The molecule has 7 atom stereocenters. The number of esters is 1. The van der Waals surface area contributed by atoms with Crippen LogP contribution >= 0.6 is 0 Å². The molecule has 5 aliphatic carbocycles. The summed E-state index contributed by atoms with van der Waals surface area (Å²) in [7, 11) is -3.95. The fraction of sp³-hybridized carbons (Fsp3) is 0.630. The average Bonchev–Trinajstić information content (AvgIpc) is 2.80. The first-order valence-electron chi connectivity index (χ1n) is 12.5. The van der Waals surface area contributed by atoms with Crippen LogP contribution in [0.3, 0.4) is 0 Å². The highest BCUT2D eigenvalue weighted by Gasteiger charge is 2.76. The molecule has 1 heterocycles. The van der Waals surface area contributed by atoms with E-state index in [1.165, 1.54) is 0 Å². The molecule has 182 valence electrons. The molecule has 1 spiro atoms. The van der Waals surface area contributed by atoms with Crippen LogP contribution in [-0.4, -0.2) is 32.9 Å². The minimum Gasteiger partial charge on any atom is -0.465 e. The van der Waals surface area contributed by atoms with Crippen LogP contribution in [0.15, 0.2) is 42.5 Å². The van der Waals surface area contributed by atoms with E-state index >= 15 is 0 Å². The van der Waals surface area contributed by atoms with E-state index in [1.54, 1.807) is 24.3 Å². The number of Topliss-reactive ketones (excluding diaryl/α,β-unsaturated/α-hetero) is 1. The Bertz CT molecular complexity index is 1170. The van der Waals surface area contributed by atoms with Crippen LogP contribution in [0.5, 0.6) is 0 Å². The molecular weight excluding hydrogens is 452 g/mol. The van der Waals surface area contributed by atoms with Gasteiger partial charge in [-0.15, -0.1) is 0 Å². The lowest BCUT2D eigenvalue weighted by Crippen LogP contribution is -2.73. The van der Waals surface area contributed by atoms with Gasteiger partial charge in [0.05, 0.1) is 23.5 Å². The molecule has 4 bridgehead atoms. The third-order valence-electron chi connectivity index (χ3n) is 10.1. The summed E-state index contributed by atoms with van der Waals surface area (Å²) < 4.78 is 38.5. The van der Waals surface area contributed by atoms with Crippen LogP contribution in [0.25, 0.3) is 0 Å². The summed E-state index contributed by atoms with van der Waals surface area (Å²) in [5.41, 5.74) is -0.759. The number of hydrogen-bond donors (Lipinski definition) is 0. The Morgan fingerprint density at radius 2 is 1.82 bits per heavy atom. The second-order valence-corrected chi connectivity index (χ2v) is 13.2. The van der Waals surface area contributed by atoms with Crippen molar-refractivity contribution in [2.24, 2.45) is 34.0 Å². The van der Waals surface area contributed by atoms with Crippen molar-refractivity contribution in [2.75, 3.05) is 6.61 Å². The van der Waals surface area contributed by atoms with E-state index in [9.17, 15) is 18.0 Å². The molecule has 1 aromatic rings. The topological polar surface area (TPSA) is 86.7 Å². The van der Waals surface area contributed by atoms with Gasteiger partial charge in [-0.25, -0.2) is 0 Å². The molecule has 6 nitrogen and oxygen atoms in total. The summed E-state index contributed by atoms with van der Waals surface area (Å²) in [6, 6.07) is 8.97. The highest BCUT2D eigenvalue weighted by Crippen LogP contribution is 2.73. The van der Waals surface area contributed by atoms with Crippen molar-refractivity contribution >= 4 is 21.9 Å². The summed E-state index contributed by atoms with van der Waals surface area (Å²) >= 11 is 0. The number of benzene rings is 1. The van der Waals surface area contributed by atoms with E-state index < -0.39 is 27.1 Å². The Morgan fingerprint density at radius 1 is 1.06 bits per heavy atom. The molecule has 0 radical (unpaired) electrons. The summed E-state index contributed by atoms with van der Waals surface area (Å²) in [6.07, 6.45) is 4.18. The minimum absolute atomic E-state index is 0.0528. The standard InChI is InChI=1S/C27H32O6S/c1-17-19-9-12-27(23(17)28)21(13-19)26-11-6-10-25(2,16-32-24(26)29)20(26)14-22(27)33-34(30,31)15-18-7-4-3-5-8-18/h3-5,7-8,19-22H,1,6,9-16H2,2H3/t19-,20?,21?,22+,25-,26-,27?/m0/s1. The fourth-order valence-corrected chi connectivity index (χ4v) is 9.88. The predicted octanol–water partition coefficient (Wildman–Crippen LogP) is 4.20. The number of carbonyl (C=O) groups is 2. The fourth-order valence-electron chi connectivity index (χ4n) is 8.60. The van der Waals surface area contributed by atoms with Gasteiger partial charge in [0.2, 0.25) is 0 Å². The van der Waals surface area contributed by atoms with Crippen LogP contribution in [-0.2, 0) is 34.4 Å². The lowest BCUT2D eigenvalue weighted by Gasteiger charge is -2.69. The van der Waals surface area contributed by atoms with Gasteiger partial charge in [0, 0.05) is 5.41 Å². The van der Waals surface area contributed by atoms with E-state index in [4.69, 9.17) is 8.92 Å². The first kappa shape index (κ1) is 22.5. The minimum atomic E-state index is -3.95. The maximum absolute atomic E-state index is 13.9. The number of ketones is 1. The number of hydrogen-bond acceptors (Lipinski definition) is 6. The zero-order valence-electron chi connectivity index (χ0n) is 19.6. The van der Waals surface area contributed by atoms with E-state index in [-0.39, 0.29) is 40.7 Å². The lowest BCUT2D eigenvalue weighted by molar-refractivity contribution is -0.251. The van der Waals surface area contributed by atoms with E-state index in [1.807, 2.05) is 6.07 Å². The number of carbonyl (C=O) groups excluding carboxylic acids is 2. The molecule has 6 aliphatic rings. The number of allylic oxidation sites excluding steroid dienone is 1. The van der Waals surface area contributed by atoms with Crippen molar-refractivity contribution in [1.82, 2.24) is 0 Å². The second-order valence-electron chi connectivity index (χ2n) is 11.6. The number of fused-ring (bicyclic) bond motifs is 2. The summed E-state index contributed by atoms with van der Waals surface area (Å²) in [6.45, 7) is 6.62. The molecule has 6 fully saturated rings. The van der Waals surface area contributed by atoms with Crippen LogP contribution in [0.1, 0.15) is 57.4 Å². The Hall–Kier alpha value is -1.99. The molecule has 7 rings (SSSR count). The van der Waals surface area contributed by atoms with Crippen molar-refractivity contribution in [3.63, 3.8) is 0 Å².